The van der Waals surface area contributed by atoms with Crippen LogP contribution in [0.2, 0.25) is 0 Å². The van der Waals surface area contributed by atoms with Gasteiger partial charge in [0.25, 0.3) is 0 Å². The van der Waals surface area contributed by atoms with Gasteiger partial charge in [-0.3, -0.25) is 4.79 Å². The lowest BCUT2D eigenvalue weighted by Crippen LogP contribution is -1.87. The maximum Gasteiger partial charge on any atom is 0.153 e. The summed E-state index contributed by atoms with van der Waals surface area (Å²) in [5.41, 5.74) is 0.341. The highest BCUT2D eigenvalue weighted by molar-refractivity contribution is 5.79. The third-order valence-corrected chi connectivity index (χ3v) is 1.28. The van der Waals surface area contributed by atoms with Crippen molar-refractivity contribution in [1.29, 1.82) is 0 Å². The summed E-state index contributed by atoms with van der Waals surface area (Å²) in [7, 11) is 0. The highest BCUT2D eigenvalue weighted by atomic mass is 16.3. The molecule has 2 nitrogen and oxygen atoms in total. The molecule has 0 unspecified atom stereocenters. The average molecular weight is 136 g/mol. The first-order chi connectivity index (χ1) is 4.84. The van der Waals surface area contributed by atoms with E-state index in [9.17, 15) is 4.79 Å². The zero-order valence-electron chi connectivity index (χ0n) is 5.45. The third kappa shape index (κ3) is 1.35. The van der Waals surface area contributed by atoms with Crippen LogP contribution < -0.4 is 0 Å². The largest absolute Gasteiger partial charge is 0.508 e. The van der Waals surface area contributed by atoms with Crippen LogP contribution in [0.15, 0.2) is 35.6 Å². The molecule has 0 amide bonds. The van der Waals surface area contributed by atoms with E-state index < -0.39 is 0 Å². The molecule has 0 saturated carbocycles. The van der Waals surface area contributed by atoms with Gasteiger partial charge in [-0.1, -0.05) is 12.2 Å². The maximum atomic E-state index is 10.2. The van der Waals surface area contributed by atoms with Crippen molar-refractivity contribution < 1.29 is 9.90 Å². The van der Waals surface area contributed by atoms with Crippen LogP contribution in [0.4, 0.5) is 0 Å². The third-order valence-electron chi connectivity index (χ3n) is 1.28. The van der Waals surface area contributed by atoms with E-state index >= 15 is 0 Å². The molecule has 52 valence electrons. The molecular weight excluding hydrogens is 128 g/mol. The van der Waals surface area contributed by atoms with Gasteiger partial charge >= 0.3 is 0 Å². The molecule has 1 aliphatic carbocycles. The van der Waals surface area contributed by atoms with Crippen LogP contribution in [0, 0.1) is 0 Å². The summed E-state index contributed by atoms with van der Waals surface area (Å²) in [4.78, 5) is 10.2. The van der Waals surface area contributed by atoms with Gasteiger partial charge in [-0.2, -0.15) is 0 Å². The molecular formula is C8H8O2. The van der Waals surface area contributed by atoms with Crippen molar-refractivity contribution in [2.45, 2.75) is 6.42 Å². The number of hydrogen-bond acceptors (Lipinski definition) is 2. The molecule has 0 fully saturated rings. The molecule has 0 spiro atoms. The van der Waals surface area contributed by atoms with Crippen molar-refractivity contribution in [2.24, 2.45) is 0 Å². The van der Waals surface area contributed by atoms with E-state index in [1.165, 1.54) is 0 Å². The van der Waals surface area contributed by atoms with Crippen molar-refractivity contribution in [3.63, 3.8) is 0 Å². The minimum Gasteiger partial charge on any atom is -0.508 e. The second-order valence-electron chi connectivity index (χ2n) is 1.99. The Morgan fingerprint density at radius 1 is 1.60 bits per heavy atom. The second-order valence-corrected chi connectivity index (χ2v) is 1.99. The number of rotatable bonds is 1. The van der Waals surface area contributed by atoms with Crippen LogP contribution in [0.5, 0.6) is 0 Å². The van der Waals surface area contributed by atoms with Crippen molar-refractivity contribution in [3.05, 3.63) is 35.6 Å². The van der Waals surface area contributed by atoms with E-state index in [1.54, 1.807) is 18.2 Å². The maximum absolute atomic E-state index is 10.2. The zero-order valence-corrected chi connectivity index (χ0v) is 5.45. The summed E-state index contributed by atoms with van der Waals surface area (Å²) in [6.07, 6.45) is 8.13. The Labute approximate surface area is 59.2 Å². The number of hydrogen-bond donors (Lipinski definition) is 1. The molecule has 0 aromatic carbocycles. The van der Waals surface area contributed by atoms with Crippen LogP contribution in [-0.2, 0) is 4.79 Å². The van der Waals surface area contributed by atoms with Gasteiger partial charge in [0.1, 0.15) is 5.76 Å². The Morgan fingerprint density at radius 2 is 2.40 bits per heavy atom. The van der Waals surface area contributed by atoms with Gasteiger partial charge in [-0.25, -0.2) is 0 Å². The molecule has 2 heteroatoms. The second kappa shape index (κ2) is 3.01. The Bertz CT molecular complexity index is 221. The van der Waals surface area contributed by atoms with Gasteiger partial charge in [0.05, 0.1) is 5.57 Å². The first-order valence-electron chi connectivity index (χ1n) is 3.06. The van der Waals surface area contributed by atoms with Crippen LogP contribution in [0.1, 0.15) is 6.42 Å². The molecule has 0 saturated heterocycles. The number of aldehydes is 1. The highest BCUT2D eigenvalue weighted by Crippen LogP contribution is 2.08. The number of carbonyl (C=O) groups is 1. The average Bonchev–Trinajstić information content (AvgIpc) is 2.13. The van der Waals surface area contributed by atoms with Crippen molar-refractivity contribution in [2.75, 3.05) is 0 Å². The van der Waals surface area contributed by atoms with Gasteiger partial charge in [0, 0.05) is 0 Å². The van der Waals surface area contributed by atoms with Crippen LogP contribution in [-0.4, -0.2) is 11.4 Å². The molecule has 1 N–H and O–H groups in total. The summed E-state index contributed by atoms with van der Waals surface area (Å²) < 4.78 is 0. The minimum atomic E-state index is 0.0694. The molecule has 0 aromatic rings. The monoisotopic (exact) mass is 136 g/mol. The smallest absolute Gasteiger partial charge is 0.153 e. The van der Waals surface area contributed by atoms with E-state index in [4.69, 9.17) is 5.11 Å². The zero-order chi connectivity index (χ0) is 7.40. The normalized spacial score (nSPS) is 17.2. The number of allylic oxidation sites excluding steroid dienone is 5. The Kier molecular flexibility index (Phi) is 2.05. The quantitative estimate of drug-likeness (QED) is 0.555. The fourth-order valence-electron chi connectivity index (χ4n) is 0.733. The lowest BCUT2D eigenvalue weighted by Gasteiger charge is -1.92. The van der Waals surface area contributed by atoms with Crippen LogP contribution in [0.25, 0.3) is 0 Å². The predicted octanol–water partition coefficient (Wildman–Crippen LogP) is 1.51. The van der Waals surface area contributed by atoms with E-state index in [1.807, 2.05) is 6.08 Å². The van der Waals surface area contributed by atoms with Crippen molar-refractivity contribution >= 4 is 6.29 Å². The molecule has 0 atom stereocenters. The molecule has 0 aromatic heterocycles. The van der Waals surface area contributed by atoms with Gasteiger partial charge in [0.15, 0.2) is 6.29 Å². The Hall–Kier alpha value is -1.31. The first-order valence-corrected chi connectivity index (χ1v) is 3.06. The lowest BCUT2D eigenvalue weighted by molar-refractivity contribution is -0.104. The summed E-state index contributed by atoms with van der Waals surface area (Å²) in [6, 6.07) is 0. The SMILES string of the molecule is O=CC1=CC=CCC=C1O. The number of aliphatic hydroxyl groups excluding tert-OH is 1. The summed E-state index contributed by atoms with van der Waals surface area (Å²) >= 11 is 0. The molecule has 0 aliphatic heterocycles. The Morgan fingerprint density at radius 3 is 3.10 bits per heavy atom. The molecule has 0 bridgehead atoms. The minimum absolute atomic E-state index is 0.0694. The first kappa shape index (κ1) is 6.81. The van der Waals surface area contributed by atoms with E-state index in [-0.39, 0.29) is 5.76 Å². The van der Waals surface area contributed by atoms with Crippen LogP contribution in [0.3, 0.4) is 0 Å². The molecule has 1 aliphatic rings. The lowest BCUT2D eigenvalue weighted by atomic mass is 10.2. The number of carbonyl (C=O) groups excluding carboxylic acids is 1. The summed E-state index contributed by atoms with van der Waals surface area (Å²) in [6.45, 7) is 0. The molecule has 0 radical (unpaired) electrons. The number of aliphatic hydroxyl groups is 1. The fraction of sp³-hybridized carbons (Fsp3) is 0.125. The molecule has 0 heterocycles. The standard InChI is InChI=1S/C8H8O2/c9-6-7-4-2-1-3-5-8(7)10/h1-2,4-6,10H,3H2. The van der Waals surface area contributed by atoms with Crippen molar-refractivity contribution in [3.8, 4) is 0 Å². The highest BCUT2D eigenvalue weighted by Gasteiger charge is 2.00. The van der Waals surface area contributed by atoms with Crippen LogP contribution >= 0.6 is 0 Å². The fourth-order valence-corrected chi connectivity index (χ4v) is 0.733. The summed E-state index contributed by atoms with van der Waals surface area (Å²) in [5, 5.41) is 9.07. The van der Waals surface area contributed by atoms with Gasteiger partial charge in [-0.05, 0) is 18.6 Å². The molecule has 10 heavy (non-hydrogen) atoms. The topological polar surface area (TPSA) is 37.3 Å². The predicted molar refractivity (Wildman–Crippen MR) is 38.6 cm³/mol. The van der Waals surface area contributed by atoms with Crippen molar-refractivity contribution in [1.82, 2.24) is 0 Å². The molecule has 1 rings (SSSR count). The van der Waals surface area contributed by atoms with E-state index in [2.05, 4.69) is 0 Å². The van der Waals surface area contributed by atoms with E-state index in [0.717, 1.165) is 0 Å². The van der Waals surface area contributed by atoms with Gasteiger partial charge < -0.3 is 5.11 Å². The summed E-state index contributed by atoms with van der Waals surface area (Å²) in [5.74, 6) is 0.0694. The van der Waals surface area contributed by atoms with E-state index in [0.29, 0.717) is 18.3 Å². The van der Waals surface area contributed by atoms with Gasteiger partial charge in [0.2, 0.25) is 0 Å². The Balaban J connectivity index is 2.92. The van der Waals surface area contributed by atoms with Gasteiger partial charge in [-0.15, -0.1) is 0 Å².